The van der Waals surface area contributed by atoms with Gasteiger partial charge in [-0.3, -0.25) is 4.99 Å². The van der Waals surface area contributed by atoms with Crippen molar-refractivity contribution in [3.8, 4) is 0 Å². The van der Waals surface area contributed by atoms with Crippen molar-refractivity contribution in [3.63, 3.8) is 0 Å². The summed E-state index contributed by atoms with van der Waals surface area (Å²) in [7, 11) is 0. The molecule has 1 atom stereocenters. The highest BCUT2D eigenvalue weighted by Crippen LogP contribution is 2.36. The van der Waals surface area contributed by atoms with Gasteiger partial charge in [-0.05, 0) is 18.8 Å². The van der Waals surface area contributed by atoms with Crippen LogP contribution in [0.1, 0.15) is 12.8 Å². The molecule has 0 aromatic rings. The number of rotatable bonds is 3. The predicted molar refractivity (Wildman–Crippen MR) is 49.9 cm³/mol. The Morgan fingerprint density at radius 2 is 2.42 bits per heavy atom. The molecule has 1 aliphatic heterocycles. The van der Waals surface area contributed by atoms with Gasteiger partial charge in [0.15, 0.2) is 5.96 Å². The van der Waals surface area contributed by atoms with Gasteiger partial charge < -0.3 is 10.6 Å². The van der Waals surface area contributed by atoms with E-state index in [4.69, 9.17) is 5.73 Å². The summed E-state index contributed by atoms with van der Waals surface area (Å²) in [5, 5.41) is 0. The zero-order valence-corrected chi connectivity index (χ0v) is 7.24. The third kappa shape index (κ3) is 1.19. The molecule has 0 saturated heterocycles. The zero-order chi connectivity index (χ0) is 8.55. The molecule has 2 rings (SSSR count). The van der Waals surface area contributed by atoms with E-state index >= 15 is 0 Å². The van der Waals surface area contributed by atoms with E-state index < -0.39 is 0 Å². The maximum Gasteiger partial charge on any atom is 0.191 e. The Hall–Kier alpha value is -0.990. The first-order chi connectivity index (χ1) is 5.83. The third-order valence-electron chi connectivity index (χ3n) is 2.63. The molecule has 3 nitrogen and oxygen atoms in total. The van der Waals surface area contributed by atoms with E-state index in [9.17, 15) is 0 Å². The number of guanidine groups is 1. The number of hydrogen-bond donors (Lipinski definition) is 1. The van der Waals surface area contributed by atoms with Gasteiger partial charge in [-0.25, -0.2) is 0 Å². The summed E-state index contributed by atoms with van der Waals surface area (Å²) in [4.78, 5) is 6.42. The van der Waals surface area contributed by atoms with E-state index in [1.807, 2.05) is 6.08 Å². The molecule has 0 radical (unpaired) electrons. The van der Waals surface area contributed by atoms with Crippen LogP contribution in [0.4, 0.5) is 0 Å². The zero-order valence-electron chi connectivity index (χ0n) is 7.24. The lowest BCUT2D eigenvalue weighted by molar-refractivity contribution is 0.336. The summed E-state index contributed by atoms with van der Waals surface area (Å²) in [6.45, 7) is 5.46. The molecular weight excluding hydrogens is 150 g/mol. The van der Waals surface area contributed by atoms with Gasteiger partial charge in [-0.1, -0.05) is 6.08 Å². The molecule has 1 unspecified atom stereocenters. The molecule has 2 N–H and O–H groups in total. The molecule has 0 spiro atoms. The molecule has 0 aromatic carbocycles. The fourth-order valence-corrected chi connectivity index (χ4v) is 1.80. The number of nitrogens with zero attached hydrogens (tertiary/aromatic N) is 2. The van der Waals surface area contributed by atoms with Crippen LogP contribution in [0.15, 0.2) is 17.6 Å². The first-order valence-corrected chi connectivity index (χ1v) is 4.50. The van der Waals surface area contributed by atoms with Crippen LogP contribution in [-0.4, -0.2) is 30.0 Å². The van der Waals surface area contributed by atoms with Crippen molar-refractivity contribution in [2.45, 2.75) is 18.9 Å². The fourth-order valence-electron chi connectivity index (χ4n) is 1.80. The minimum Gasteiger partial charge on any atom is -0.370 e. The highest BCUT2D eigenvalue weighted by atomic mass is 15.3. The Balaban J connectivity index is 2.02. The molecule has 12 heavy (non-hydrogen) atoms. The first kappa shape index (κ1) is 7.65. The Labute approximate surface area is 73.0 Å². The van der Waals surface area contributed by atoms with Gasteiger partial charge >= 0.3 is 0 Å². The summed E-state index contributed by atoms with van der Waals surface area (Å²) in [6, 6.07) is 0.572. The molecule has 1 heterocycles. The summed E-state index contributed by atoms with van der Waals surface area (Å²) in [5.41, 5.74) is 5.75. The van der Waals surface area contributed by atoms with Crippen LogP contribution < -0.4 is 5.73 Å². The van der Waals surface area contributed by atoms with Gasteiger partial charge in [0.2, 0.25) is 0 Å². The molecule has 1 saturated carbocycles. The van der Waals surface area contributed by atoms with E-state index in [-0.39, 0.29) is 0 Å². The molecule has 66 valence electrons. The average Bonchev–Trinajstić information content (AvgIpc) is 2.82. The summed E-state index contributed by atoms with van der Waals surface area (Å²) in [6.07, 6.45) is 4.59. The normalized spacial score (nSPS) is 28.8. The second kappa shape index (κ2) is 2.81. The number of nitrogens with two attached hydrogens (primary N) is 1. The Morgan fingerprint density at radius 1 is 1.67 bits per heavy atom. The van der Waals surface area contributed by atoms with Gasteiger partial charge in [0.1, 0.15) is 0 Å². The minimum absolute atomic E-state index is 0.572. The molecular formula is C9H15N3. The van der Waals surface area contributed by atoms with Crippen LogP contribution in [0.2, 0.25) is 0 Å². The second-order valence-corrected chi connectivity index (χ2v) is 3.54. The van der Waals surface area contributed by atoms with E-state index in [1.54, 1.807) is 0 Å². The van der Waals surface area contributed by atoms with Gasteiger partial charge in [-0.2, -0.15) is 0 Å². The van der Waals surface area contributed by atoms with Crippen molar-refractivity contribution in [1.29, 1.82) is 0 Å². The summed E-state index contributed by atoms with van der Waals surface area (Å²) >= 11 is 0. The smallest absolute Gasteiger partial charge is 0.191 e. The molecule has 1 aliphatic carbocycles. The lowest BCUT2D eigenvalue weighted by atomic mass is 10.2. The number of hydrogen-bond acceptors (Lipinski definition) is 3. The van der Waals surface area contributed by atoms with Crippen molar-refractivity contribution in [2.75, 3.05) is 13.1 Å². The van der Waals surface area contributed by atoms with Crippen molar-refractivity contribution in [3.05, 3.63) is 12.7 Å². The molecule has 0 aromatic heterocycles. The van der Waals surface area contributed by atoms with Gasteiger partial charge in [0, 0.05) is 6.54 Å². The Morgan fingerprint density at radius 3 is 3.00 bits per heavy atom. The number of aliphatic imine (C=N–C) groups is 1. The molecule has 3 heteroatoms. The first-order valence-electron chi connectivity index (χ1n) is 4.50. The molecule has 0 bridgehead atoms. The highest BCUT2D eigenvalue weighted by Gasteiger charge is 2.38. The van der Waals surface area contributed by atoms with Crippen molar-refractivity contribution >= 4 is 5.96 Å². The van der Waals surface area contributed by atoms with Crippen molar-refractivity contribution < 1.29 is 0 Å². The van der Waals surface area contributed by atoms with E-state index in [2.05, 4.69) is 16.5 Å². The summed E-state index contributed by atoms with van der Waals surface area (Å²) in [5.74, 6) is 1.54. The average molecular weight is 165 g/mol. The monoisotopic (exact) mass is 165 g/mol. The quantitative estimate of drug-likeness (QED) is 0.621. The Kier molecular flexibility index (Phi) is 1.79. The minimum atomic E-state index is 0.572. The van der Waals surface area contributed by atoms with E-state index in [1.165, 1.54) is 12.8 Å². The van der Waals surface area contributed by atoms with Crippen molar-refractivity contribution in [1.82, 2.24) is 4.90 Å². The predicted octanol–water partition coefficient (Wildman–Crippen LogP) is 0.581. The molecule has 0 amide bonds. The SMILES string of the molecule is C=CCN1C(N)=NCC1C1CC1. The van der Waals surface area contributed by atoms with Crippen LogP contribution in [0.5, 0.6) is 0 Å². The molecule has 1 fully saturated rings. The standard InChI is InChI=1S/C9H15N3/c1-2-5-12-8(7-3-4-7)6-11-9(12)10/h2,7-8H,1,3-6H2,(H2,10,11). The Bertz CT molecular complexity index is 218. The van der Waals surface area contributed by atoms with Gasteiger partial charge in [-0.15, -0.1) is 6.58 Å². The largest absolute Gasteiger partial charge is 0.370 e. The van der Waals surface area contributed by atoms with E-state index in [0.29, 0.717) is 12.0 Å². The summed E-state index contributed by atoms with van der Waals surface area (Å²) < 4.78 is 0. The van der Waals surface area contributed by atoms with Crippen LogP contribution in [0, 0.1) is 5.92 Å². The maximum atomic E-state index is 5.75. The molecule has 2 aliphatic rings. The van der Waals surface area contributed by atoms with Gasteiger partial charge in [0.05, 0.1) is 12.6 Å². The lowest BCUT2D eigenvalue weighted by Crippen LogP contribution is -2.41. The van der Waals surface area contributed by atoms with Crippen LogP contribution >= 0.6 is 0 Å². The van der Waals surface area contributed by atoms with Crippen LogP contribution in [-0.2, 0) is 0 Å². The van der Waals surface area contributed by atoms with Crippen LogP contribution in [0.25, 0.3) is 0 Å². The topological polar surface area (TPSA) is 41.6 Å². The van der Waals surface area contributed by atoms with Crippen molar-refractivity contribution in [2.24, 2.45) is 16.6 Å². The third-order valence-corrected chi connectivity index (χ3v) is 2.63. The van der Waals surface area contributed by atoms with Crippen LogP contribution in [0.3, 0.4) is 0 Å². The highest BCUT2D eigenvalue weighted by molar-refractivity contribution is 5.80. The second-order valence-electron chi connectivity index (χ2n) is 3.54. The van der Waals surface area contributed by atoms with E-state index in [0.717, 1.165) is 19.0 Å². The maximum absolute atomic E-state index is 5.75. The fraction of sp³-hybridized carbons (Fsp3) is 0.667. The van der Waals surface area contributed by atoms with Gasteiger partial charge in [0.25, 0.3) is 0 Å². The lowest BCUT2D eigenvalue weighted by Gasteiger charge is -2.24.